The van der Waals surface area contributed by atoms with Gasteiger partial charge in [0.2, 0.25) is 11.0 Å². The minimum Gasteiger partial charge on any atom is -0.339 e. The van der Waals surface area contributed by atoms with Crippen LogP contribution in [0.15, 0.2) is 9.68 Å². The molecule has 0 unspecified atom stereocenters. The predicted octanol–water partition coefficient (Wildman–Crippen LogP) is 3.07. The summed E-state index contributed by atoms with van der Waals surface area (Å²) in [7, 11) is 0. The number of unbranched alkanes of at least 4 members (excludes halogenated alkanes) is 1. The molecule has 0 atom stereocenters. The number of hydrogen-bond acceptors (Lipinski definition) is 7. The van der Waals surface area contributed by atoms with E-state index in [0.717, 1.165) is 36.2 Å². The first-order valence-corrected chi connectivity index (χ1v) is 8.72. The lowest BCUT2D eigenvalue weighted by Crippen LogP contribution is -2.02. The monoisotopic (exact) mass is 332 g/mol. The van der Waals surface area contributed by atoms with Gasteiger partial charge in [0.25, 0.3) is 5.78 Å². The fraction of sp³-hybridized carbons (Fsp3) is 0.533. The van der Waals surface area contributed by atoms with E-state index >= 15 is 0 Å². The Bertz CT molecular complexity index is 825. The van der Waals surface area contributed by atoms with Crippen LogP contribution in [0.1, 0.15) is 48.4 Å². The highest BCUT2D eigenvalue weighted by Gasteiger charge is 2.13. The third-order valence-corrected chi connectivity index (χ3v) is 4.66. The summed E-state index contributed by atoms with van der Waals surface area (Å²) >= 11 is 1.49. The van der Waals surface area contributed by atoms with E-state index in [9.17, 15) is 0 Å². The third kappa shape index (κ3) is 3.36. The van der Waals surface area contributed by atoms with E-state index < -0.39 is 0 Å². The molecule has 0 aliphatic rings. The van der Waals surface area contributed by atoms with Crippen molar-refractivity contribution in [2.45, 2.75) is 57.9 Å². The maximum Gasteiger partial charge on any atom is 0.253 e. The second-order valence-electron chi connectivity index (χ2n) is 5.51. The van der Waals surface area contributed by atoms with E-state index in [2.05, 4.69) is 32.1 Å². The van der Waals surface area contributed by atoms with Crippen molar-refractivity contribution in [3.05, 3.63) is 28.7 Å². The number of nitrogens with zero attached hydrogens (tertiary/aromatic N) is 6. The molecule has 0 bridgehead atoms. The first-order chi connectivity index (χ1) is 11.1. The van der Waals surface area contributed by atoms with E-state index in [1.165, 1.54) is 11.8 Å². The summed E-state index contributed by atoms with van der Waals surface area (Å²) in [6.45, 7) is 8.20. The van der Waals surface area contributed by atoms with Crippen molar-refractivity contribution in [1.29, 1.82) is 0 Å². The Morgan fingerprint density at radius 3 is 2.74 bits per heavy atom. The molecule has 0 aromatic carbocycles. The minimum absolute atomic E-state index is 0.587. The van der Waals surface area contributed by atoms with Crippen LogP contribution in [0, 0.1) is 20.8 Å². The molecule has 0 N–H and O–H groups in total. The fourth-order valence-electron chi connectivity index (χ4n) is 2.21. The van der Waals surface area contributed by atoms with Gasteiger partial charge in [0.05, 0.1) is 5.75 Å². The van der Waals surface area contributed by atoms with E-state index in [0.29, 0.717) is 28.4 Å². The van der Waals surface area contributed by atoms with Gasteiger partial charge in [-0.1, -0.05) is 30.3 Å². The van der Waals surface area contributed by atoms with Crippen molar-refractivity contribution in [2.24, 2.45) is 0 Å². The van der Waals surface area contributed by atoms with Crippen LogP contribution < -0.4 is 0 Å². The third-order valence-electron chi connectivity index (χ3n) is 3.83. The number of aromatic nitrogens is 6. The van der Waals surface area contributed by atoms with Gasteiger partial charge in [-0.25, -0.2) is 9.50 Å². The van der Waals surface area contributed by atoms with Crippen LogP contribution in [0.5, 0.6) is 0 Å². The topological polar surface area (TPSA) is 82.0 Å². The van der Waals surface area contributed by atoms with Gasteiger partial charge in [-0.05, 0) is 32.8 Å². The van der Waals surface area contributed by atoms with Crippen molar-refractivity contribution in [3.8, 4) is 0 Å². The zero-order valence-electron chi connectivity index (χ0n) is 13.8. The first kappa shape index (κ1) is 15.9. The molecule has 3 heterocycles. The standard InChI is InChI=1S/C15H20N6OS/c1-5-6-7-13-17-12(20-22-13)8-23-15-18-14-16-10(3)9(2)11(4)21(14)19-15/h5-8H2,1-4H3. The van der Waals surface area contributed by atoms with Gasteiger partial charge in [-0.15, -0.1) is 5.10 Å². The molecule has 3 aromatic heterocycles. The second kappa shape index (κ2) is 6.66. The molecule has 0 aliphatic carbocycles. The highest BCUT2D eigenvalue weighted by molar-refractivity contribution is 7.98. The van der Waals surface area contributed by atoms with Gasteiger partial charge in [0.1, 0.15) is 0 Å². The number of fused-ring (bicyclic) bond motifs is 1. The molecule has 8 heteroatoms. The molecular formula is C15H20N6OS. The number of aryl methyl sites for hydroxylation is 3. The van der Waals surface area contributed by atoms with Crippen molar-refractivity contribution >= 4 is 17.5 Å². The van der Waals surface area contributed by atoms with Gasteiger partial charge < -0.3 is 4.52 Å². The molecule has 122 valence electrons. The highest BCUT2D eigenvalue weighted by Crippen LogP contribution is 2.20. The van der Waals surface area contributed by atoms with Crippen molar-refractivity contribution in [1.82, 2.24) is 29.7 Å². The molecule has 0 saturated heterocycles. The van der Waals surface area contributed by atoms with E-state index in [-0.39, 0.29) is 0 Å². The normalized spacial score (nSPS) is 11.5. The van der Waals surface area contributed by atoms with Crippen molar-refractivity contribution in [2.75, 3.05) is 0 Å². The molecule has 3 aromatic rings. The SMILES string of the molecule is CCCCc1nc(CSc2nc3nc(C)c(C)c(C)n3n2)no1. The average Bonchev–Trinajstić information content (AvgIpc) is 3.15. The first-order valence-electron chi connectivity index (χ1n) is 7.73. The van der Waals surface area contributed by atoms with Gasteiger partial charge in [-0.3, -0.25) is 0 Å². The Labute approximate surface area is 138 Å². The van der Waals surface area contributed by atoms with Gasteiger partial charge in [-0.2, -0.15) is 9.97 Å². The number of rotatable bonds is 6. The Balaban J connectivity index is 1.72. The Morgan fingerprint density at radius 2 is 1.96 bits per heavy atom. The Morgan fingerprint density at radius 1 is 1.13 bits per heavy atom. The molecule has 3 rings (SSSR count). The average molecular weight is 332 g/mol. The maximum absolute atomic E-state index is 5.23. The van der Waals surface area contributed by atoms with Crippen molar-refractivity contribution < 1.29 is 4.52 Å². The van der Waals surface area contributed by atoms with E-state index in [4.69, 9.17) is 4.52 Å². The van der Waals surface area contributed by atoms with Gasteiger partial charge in [0.15, 0.2) is 5.82 Å². The van der Waals surface area contributed by atoms with Gasteiger partial charge in [0, 0.05) is 17.8 Å². The zero-order valence-corrected chi connectivity index (χ0v) is 14.6. The molecule has 0 aliphatic heterocycles. The molecule has 7 nitrogen and oxygen atoms in total. The van der Waals surface area contributed by atoms with E-state index in [1.54, 1.807) is 4.52 Å². The van der Waals surface area contributed by atoms with E-state index in [1.807, 2.05) is 20.8 Å². The second-order valence-corrected chi connectivity index (χ2v) is 6.45. The van der Waals surface area contributed by atoms with Crippen LogP contribution in [0.3, 0.4) is 0 Å². The summed E-state index contributed by atoms with van der Waals surface area (Å²) in [5, 5.41) is 9.18. The smallest absolute Gasteiger partial charge is 0.253 e. The summed E-state index contributed by atoms with van der Waals surface area (Å²) in [4.78, 5) is 13.3. The molecule has 0 spiro atoms. The largest absolute Gasteiger partial charge is 0.339 e. The fourth-order valence-corrected chi connectivity index (χ4v) is 2.87. The highest BCUT2D eigenvalue weighted by atomic mass is 32.2. The van der Waals surface area contributed by atoms with Crippen LogP contribution in [0.25, 0.3) is 5.78 Å². The number of hydrogen-bond donors (Lipinski definition) is 0. The quantitative estimate of drug-likeness (QED) is 0.641. The minimum atomic E-state index is 0.587. The summed E-state index contributed by atoms with van der Waals surface area (Å²) in [6, 6.07) is 0. The summed E-state index contributed by atoms with van der Waals surface area (Å²) < 4.78 is 7.02. The lowest BCUT2D eigenvalue weighted by molar-refractivity contribution is 0.371. The summed E-state index contributed by atoms with van der Waals surface area (Å²) in [5.74, 6) is 2.60. The molecule has 0 amide bonds. The van der Waals surface area contributed by atoms with Crippen LogP contribution in [0.2, 0.25) is 0 Å². The zero-order chi connectivity index (χ0) is 16.4. The van der Waals surface area contributed by atoms with Gasteiger partial charge >= 0.3 is 0 Å². The van der Waals surface area contributed by atoms with Crippen molar-refractivity contribution in [3.63, 3.8) is 0 Å². The summed E-state index contributed by atoms with van der Waals surface area (Å²) in [6.07, 6.45) is 3.01. The molecule has 0 saturated carbocycles. The molecule has 0 radical (unpaired) electrons. The van der Waals surface area contributed by atoms with Crippen LogP contribution in [-0.4, -0.2) is 29.7 Å². The van der Waals surface area contributed by atoms with Crippen LogP contribution in [0.4, 0.5) is 0 Å². The molecule has 23 heavy (non-hydrogen) atoms. The Kier molecular flexibility index (Phi) is 4.61. The lowest BCUT2D eigenvalue weighted by atomic mass is 10.2. The van der Waals surface area contributed by atoms with Crippen LogP contribution >= 0.6 is 11.8 Å². The predicted molar refractivity (Wildman–Crippen MR) is 87.5 cm³/mol. The summed E-state index contributed by atoms with van der Waals surface area (Å²) in [5.41, 5.74) is 3.18. The molecule has 0 fully saturated rings. The van der Waals surface area contributed by atoms with Crippen LogP contribution in [-0.2, 0) is 12.2 Å². The Hall–Kier alpha value is -1.96. The number of thioether (sulfide) groups is 1. The molecular weight excluding hydrogens is 312 g/mol. The lowest BCUT2D eigenvalue weighted by Gasteiger charge is -2.04. The maximum atomic E-state index is 5.23.